The second-order valence-corrected chi connectivity index (χ2v) is 8.82. The zero-order valence-corrected chi connectivity index (χ0v) is 17.2. The highest BCUT2D eigenvalue weighted by Crippen LogP contribution is 2.40. The van der Waals surface area contributed by atoms with Crippen LogP contribution < -0.4 is 0 Å². The van der Waals surface area contributed by atoms with Gasteiger partial charge in [0, 0.05) is 22.5 Å². The summed E-state index contributed by atoms with van der Waals surface area (Å²) in [7, 11) is -0.145. The summed E-state index contributed by atoms with van der Waals surface area (Å²) in [6, 6.07) is 18.3. The maximum atomic E-state index is 13.6. The van der Waals surface area contributed by atoms with Gasteiger partial charge < -0.3 is 18.9 Å². The minimum Gasteiger partial charge on any atom is -0.355 e. The van der Waals surface area contributed by atoms with Gasteiger partial charge in [0.25, 0.3) is 0 Å². The normalized spacial score (nSPS) is 32.2. The summed E-state index contributed by atoms with van der Waals surface area (Å²) in [6.07, 6.45) is -2.74. The molecule has 160 valence electrons. The lowest BCUT2D eigenvalue weighted by Gasteiger charge is -2.47. The van der Waals surface area contributed by atoms with E-state index in [-0.39, 0.29) is 6.61 Å². The fraction of sp³-hybridized carbons (Fsp3) is 0.429. The molecule has 0 saturated carbocycles. The molecule has 0 aromatic heterocycles. The fourth-order valence-corrected chi connectivity index (χ4v) is 5.75. The van der Waals surface area contributed by atoms with Crippen LogP contribution in [0.3, 0.4) is 0 Å². The van der Waals surface area contributed by atoms with Crippen LogP contribution in [0.4, 0.5) is 0 Å². The molecular weight excluding hydrogens is 410 g/mol. The Morgan fingerprint density at radius 3 is 2.40 bits per heavy atom. The highest BCUT2D eigenvalue weighted by molar-refractivity contribution is 7.85. The monoisotopic (exact) mass is 433 g/mol. The van der Waals surface area contributed by atoms with Crippen LogP contribution in [-0.4, -0.2) is 53.1 Å². The van der Waals surface area contributed by atoms with Crippen molar-refractivity contribution in [2.45, 2.75) is 34.9 Å². The minimum atomic E-state index is -1.57. The van der Waals surface area contributed by atoms with Crippen molar-refractivity contribution in [3.63, 3.8) is 0 Å². The van der Waals surface area contributed by atoms with Crippen molar-refractivity contribution in [2.24, 2.45) is 5.92 Å². The Morgan fingerprint density at radius 1 is 1.10 bits per heavy atom. The predicted octanol–water partition coefficient (Wildman–Crippen LogP) is 2.54. The molecule has 0 amide bonds. The Kier molecular flexibility index (Phi) is 6.55. The summed E-state index contributed by atoms with van der Waals surface area (Å²) >= 11 is 0. The molecule has 0 spiro atoms. The average molecular weight is 433 g/mol. The molecule has 2 aromatic carbocycles. The molecule has 0 radical (unpaired) electrons. The van der Waals surface area contributed by atoms with Crippen LogP contribution in [0.25, 0.3) is 0 Å². The van der Waals surface area contributed by atoms with Gasteiger partial charge in [-0.1, -0.05) is 48.5 Å². The number of benzene rings is 2. The second-order valence-electron chi connectivity index (χ2n) is 7.21. The number of methoxy groups -OCH3 is 1. The number of rotatable bonds is 6. The van der Waals surface area contributed by atoms with Crippen molar-refractivity contribution in [1.29, 1.82) is 0 Å². The van der Waals surface area contributed by atoms with Crippen molar-refractivity contribution in [2.75, 3.05) is 20.3 Å². The zero-order valence-electron chi connectivity index (χ0n) is 16.4. The minimum absolute atomic E-state index is 0.206. The van der Waals surface area contributed by atoms with E-state index < -0.39 is 58.2 Å². The summed E-state index contributed by atoms with van der Waals surface area (Å²) in [4.78, 5) is 11.6. The van der Waals surface area contributed by atoms with Gasteiger partial charge >= 0.3 is 0 Å². The third kappa shape index (κ3) is 4.30. The summed E-state index contributed by atoms with van der Waals surface area (Å²) in [5.74, 6) is -0.748. The predicted molar refractivity (Wildman–Crippen MR) is 108 cm³/mol. The molecule has 2 aromatic rings. The van der Waals surface area contributed by atoms with Crippen molar-refractivity contribution in [3.8, 4) is 0 Å². The van der Waals surface area contributed by atoms with E-state index in [1.54, 1.807) is 24.3 Å². The zero-order chi connectivity index (χ0) is 21.1. The summed E-state index contributed by atoms with van der Waals surface area (Å²) in [6.45, 7) is -0.233. The van der Waals surface area contributed by atoms with Gasteiger partial charge in [0.2, 0.25) is 6.54 Å². The smallest absolute Gasteiger partial charge is 0.212 e. The van der Waals surface area contributed by atoms with Crippen molar-refractivity contribution >= 4 is 10.8 Å². The molecule has 0 aliphatic carbocycles. The molecule has 2 saturated heterocycles. The van der Waals surface area contributed by atoms with Crippen molar-refractivity contribution in [3.05, 3.63) is 76.3 Å². The molecular formula is C21H23NO7S. The summed E-state index contributed by atoms with van der Waals surface area (Å²) in [5.41, 5.74) is 0.819. The summed E-state index contributed by atoms with van der Waals surface area (Å²) < 4.78 is 37.0. The van der Waals surface area contributed by atoms with Crippen LogP contribution in [-0.2, 0) is 29.7 Å². The van der Waals surface area contributed by atoms with Gasteiger partial charge in [-0.25, -0.2) is 0 Å². The highest BCUT2D eigenvalue weighted by Gasteiger charge is 2.54. The number of hydrogen-bond donors (Lipinski definition) is 0. The first kappa shape index (κ1) is 21.1. The molecule has 4 rings (SSSR count). The van der Waals surface area contributed by atoms with E-state index in [1.807, 2.05) is 36.4 Å². The van der Waals surface area contributed by atoms with Crippen LogP contribution in [0.5, 0.6) is 0 Å². The van der Waals surface area contributed by atoms with Gasteiger partial charge in [-0.3, -0.25) is 14.3 Å². The molecule has 2 heterocycles. The molecule has 9 heteroatoms. The number of nitrogens with zero attached hydrogens (tertiary/aromatic N) is 1. The lowest BCUT2D eigenvalue weighted by atomic mass is 9.92. The fourth-order valence-electron chi connectivity index (χ4n) is 3.99. The molecule has 0 bridgehead atoms. The molecule has 8 nitrogen and oxygen atoms in total. The van der Waals surface area contributed by atoms with Gasteiger partial charge in [-0.15, -0.1) is 0 Å². The lowest BCUT2D eigenvalue weighted by molar-refractivity contribution is -0.498. The molecule has 1 unspecified atom stereocenters. The van der Waals surface area contributed by atoms with E-state index >= 15 is 0 Å². The number of hydrogen-bond acceptors (Lipinski definition) is 7. The first-order chi connectivity index (χ1) is 14.6. The molecule has 30 heavy (non-hydrogen) atoms. The van der Waals surface area contributed by atoms with Gasteiger partial charge in [0.05, 0.1) is 28.6 Å². The Bertz CT molecular complexity index is 881. The van der Waals surface area contributed by atoms with Crippen LogP contribution in [0.1, 0.15) is 11.9 Å². The van der Waals surface area contributed by atoms with E-state index in [0.29, 0.717) is 4.90 Å². The SMILES string of the molecule is CO[C@H]1O[C@@H]2CO[C@@H](c3ccccc3)O[C@H]2[C@H](S(=O)c2ccccc2)[C@@H]1C[N+](=O)[O-]. The molecule has 2 fully saturated rings. The number of nitro groups is 1. The van der Waals surface area contributed by atoms with Crippen molar-refractivity contribution < 1.29 is 28.1 Å². The Labute approximate surface area is 176 Å². The van der Waals surface area contributed by atoms with Gasteiger partial charge in [-0.2, -0.15) is 0 Å². The lowest BCUT2D eigenvalue weighted by Crippen LogP contribution is -2.62. The topological polar surface area (TPSA) is 97.1 Å². The average Bonchev–Trinajstić information content (AvgIpc) is 2.78. The van der Waals surface area contributed by atoms with E-state index in [4.69, 9.17) is 18.9 Å². The Balaban J connectivity index is 1.70. The molecule has 7 atom stereocenters. The van der Waals surface area contributed by atoms with Gasteiger partial charge in [-0.05, 0) is 12.1 Å². The Morgan fingerprint density at radius 2 is 1.77 bits per heavy atom. The van der Waals surface area contributed by atoms with Gasteiger partial charge in [0.1, 0.15) is 12.2 Å². The van der Waals surface area contributed by atoms with E-state index in [9.17, 15) is 14.3 Å². The van der Waals surface area contributed by atoms with Crippen LogP contribution in [0.15, 0.2) is 65.6 Å². The first-order valence-electron chi connectivity index (χ1n) is 9.66. The number of fused-ring (bicyclic) bond motifs is 1. The highest BCUT2D eigenvalue weighted by atomic mass is 32.2. The number of ether oxygens (including phenoxy) is 4. The van der Waals surface area contributed by atoms with E-state index in [0.717, 1.165) is 5.56 Å². The van der Waals surface area contributed by atoms with Gasteiger partial charge in [0.15, 0.2) is 12.6 Å². The Hall–Kier alpha value is -2.17. The maximum Gasteiger partial charge on any atom is 0.212 e. The van der Waals surface area contributed by atoms with Crippen molar-refractivity contribution in [1.82, 2.24) is 0 Å². The maximum absolute atomic E-state index is 13.6. The summed E-state index contributed by atoms with van der Waals surface area (Å²) in [5, 5.41) is 10.7. The molecule has 0 N–H and O–H groups in total. The third-order valence-corrected chi connectivity index (χ3v) is 7.20. The second kappa shape index (κ2) is 9.32. The van der Waals surface area contributed by atoms with Crippen LogP contribution in [0.2, 0.25) is 0 Å². The van der Waals surface area contributed by atoms with E-state index in [1.165, 1.54) is 7.11 Å². The first-order valence-corrected chi connectivity index (χ1v) is 10.9. The van der Waals surface area contributed by atoms with E-state index in [2.05, 4.69) is 0 Å². The van der Waals surface area contributed by atoms with Crippen LogP contribution >= 0.6 is 0 Å². The molecule has 2 aliphatic rings. The molecule has 2 aliphatic heterocycles. The quantitative estimate of drug-likeness (QED) is 0.510. The third-order valence-electron chi connectivity index (χ3n) is 5.35. The largest absolute Gasteiger partial charge is 0.355 e. The standard InChI is InChI=1S/C21H23NO7S/c1-26-21-16(12-22(23)24)19(30(25)15-10-6-3-7-11-15)18-17(28-21)13-27-20(29-18)14-8-4-2-5-9-14/h2-11,16-21H,12-13H2,1H3/t16-,17+,18+,19+,20+,21-,30?/m0/s1. The van der Waals surface area contributed by atoms with Crippen LogP contribution in [0, 0.1) is 16.0 Å².